The highest BCUT2D eigenvalue weighted by molar-refractivity contribution is 7.80. The van der Waals surface area contributed by atoms with Gasteiger partial charge >= 0.3 is 0 Å². The molecule has 0 radical (unpaired) electrons. The van der Waals surface area contributed by atoms with E-state index in [0.717, 1.165) is 43.7 Å². The first-order valence-electron chi connectivity index (χ1n) is 7.08. The Morgan fingerprint density at radius 3 is 2.85 bits per heavy atom. The molecule has 1 aliphatic rings. The third-order valence-corrected chi connectivity index (χ3v) is 4.44. The lowest BCUT2D eigenvalue weighted by Gasteiger charge is -2.33. The van der Waals surface area contributed by atoms with Crippen molar-refractivity contribution in [1.29, 1.82) is 0 Å². The molecule has 1 atom stereocenters. The molecule has 1 saturated heterocycles. The molecule has 20 heavy (non-hydrogen) atoms. The van der Waals surface area contributed by atoms with Crippen molar-refractivity contribution in [3.8, 4) is 0 Å². The predicted octanol–water partition coefficient (Wildman–Crippen LogP) is 2.89. The maximum Gasteiger partial charge on any atom is 0.107 e. The van der Waals surface area contributed by atoms with Gasteiger partial charge in [0.15, 0.2) is 0 Å². The van der Waals surface area contributed by atoms with E-state index in [-0.39, 0.29) is 0 Å². The number of thiocarbonyl (C=S) groups is 1. The van der Waals surface area contributed by atoms with Crippen LogP contribution in [0.4, 0.5) is 5.69 Å². The number of rotatable bonds is 3. The first-order valence-corrected chi connectivity index (χ1v) is 7.86. The monoisotopic (exact) mass is 311 g/mol. The number of benzene rings is 1. The van der Waals surface area contributed by atoms with Gasteiger partial charge in [-0.05, 0) is 38.6 Å². The summed E-state index contributed by atoms with van der Waals surface area (Å²) in [7, 11) is 2.18. The van der Waals surface area contributed by atoms with E-state index in [1.54, 1.807) is 0 Å². The molecule has 2 N–H and O–H groups in total. The van der Waals surface area contributed by atoms with Gasteiger partial charge in [0.05, 0.1) is 10.6 Å². The largest absolute Gasteiger partial charge is 0.389 e. The predicted molar refractivity (Wildman–Crippen MR) is 90.9 cm³/mol. The zero-order valence-corrected chi connectivity index (χ0v) is 13.7. The number of anilines is 1. The molecule has 1 aromatic carbocycles. The van der Waals surface area contributed by atoms with Crippen LogP contribution in [0.25, 0.3) is 0 Å². The van der Waals surface area contributed by atoms with Gasteiger partial charge in [0, 0.05) is 24.8 Å². The van der Waals surface area contributed by atoms with Gasteiger partial charge in [-0.2, -0.15) is 0 Å². The Morgan fingerprint density at radius 1 is 1.45 bits per heavy atom. The molecule has 0 amide bonds. The van der Waals surface area contributed by atoms with Crippen molar-refractivity contribution in [2.75, 3.05) is 31.6 Å². The summed E-state index contributed by atoms with van der Waals surface area (Å²) in [5, 5.41) is 0.641. The zero-order chi connectivity index (χ0) is 14.7. The quantitative estimate of drug-likeness (QED) is 0.870. The van der Waals surface area contributed by atoms with Crippen LogP contribution in [0.15, 0.2) is 18.2 Å². The fourth-order valence-electron chi connectivity index (χ4n) is 2.91. The fourth-order valence-corrected chi connectivity index (χ4v) is 3.45. The lowest BCUT2D eigenvalue weighted by molar-refractivity contribution is 0.328. The fraction of sp³-hybridized carbons (Fsp3) is 0.533. The van der Waals surface area contributed by atoms with Crippen LogP contribution < -0.4 is 10.6 Å². The van der Waals surface area contributed by atoms with Crippen molar-refractivity contribution in [2.24, 2.45) is 5.73 Å². The summed E-state index contributed by atoms with van der Waals surface area (Å²) >= 11 is 11.5. The summed E-state index contributed by atoms with van der Waals surface area (Å²) < 4.78 is 0. The summed E-state index contributed by atoms with van der Waals surface area (Å²) in [5.41, 5.74) is 7.77. The summed E-state index contributed by atoms with van der Waals surface area (Å²) in [4.78, 5) is 5.18. The number of nitrogens with zero attached hydrogens (tertiary/aromatic N) is 2. The molecule has 1 unspecified atom stereocenters. The van der Waals surface area contributed by atoms with Crippen molar-refractivity contribution >= 4 is 34.5 Å². The van der Waals surface area contributed by atoms with Crippen molar-refractivity contribution < 1.29 is 0 Å². The minimum atomic E-state index is 0.373. The number of hydrogen-bond acceptors (Lipinski definition) is 3. The van der Waals surface area contributed by atoms with Crippen LogP contribution in [-0.4, -0.2) is 42.6 Å². The first kappa shape index (κ1) is 15.5. The van der Waals surface area contributed by atoms with E-state index >= 15 is 0 Å². The van der Waals surface area contributed by atoms with Crippen LogP contribution in [-0.2, 0) is 0 Å². The number of halogens is 1. The van der Waals surface area contributed by atoms with Crippen molar-refractivity contribution in [3.63, 3.8) is 0 Å². The molecular formula is C15H22ClN3S. The van der Waals surface area contributed by atoms with Gasteiger partial charge in [-0.3, -0.25) is 0 Å². The molecule has 1 fully saturated rings. The Labute approximate surface area is 131 Å². The molecule has 1 heterocycles. The van der Waals surface area contributed by atoms with Crippen molar-refractivity contribution in [3.05, 3.63) is 28.8 Å². The maximum absolute atomic E-state index is 6.30. The smallest absolute Gasteiger partial charge is 0.107 e. The Kier molecular flexibility index (Phi) is 5.24. The first-order chi connectivity index (χ1) is 9.54. The summed E-state index contributed by atoms with van der Waals surface area (Å²) in [6, 6.07) is 6.37. The van der Waals surface area contributed by atoms with Crippen LogP contribution in [0.2, 0.25) is 5.02 Å². The molecule has 3 nitrogen and oxygen atoms in total. The van der Waals surface area contributed by atoms with Gasteiger partial charge in [0.2, 0.25) is 0 Å². The van der Waals surface area contributed by atoms with Gasteiger partial charge in [-0.1, -0.05) is 36.8 Å². The highest BCUT2D eigenvalue weighted by atomic mass is 35.5. The second-order valence-corrected chi connectivity index (χ2v) is 6.22. The minimum Gasteiger partial charge on any atom is -0.389 e. The topological polar surface area (TPSA) is 32.5 Å². The summed E-state index contributed by atoms with van der Waals surface area (Å²) in [5.74, 6) is 0. The van der Waals surface area contributed by atoms with Crippen LogP contribution in [0.1, 0.15) is 25.3 Å². The third kappa shape index (κ3) is 3.25. The Balaban J connectivity index is 2.43. The average molecular weight is 312 g/mol. The SMILES string of the molecule is CCC1CN(C)CCCN1c1cccc(Cl)c1C(N)=S. The molecule has 0 aliphatic carbocycles. The van der Waals surface area contributed by atoms with E-state index in [1.165, 1.54) is 0 Å². The number of nitrogens with two attached hydrogens (primary N) is 1. The summed E-state index contributed by atoms with van der Waals surface area (Å²) in [6.45, 7) is 5.41. The van der Waals surface area contributed by atoms with Crippen LogP contribution >= 0.6 is 23.8 Å². The van der Waals surface area contributed by atoms with E-state index < -0.39 is 0 Å². The Bertz CT molecular complexity index is 492. The number of hydrogen-bond donors (Lipinski definition) is 1. The third-order valence-electron chi connectivity index (χ3n) is 3.92. The molecule has 1 aromatic rings. The van der Waals surface area contributed by atoms with Gasteiger partial charge in [0.1, 0.15) is 4.99 Å². The normalized spacial score (nSPS) is 20.8. The molecule has 0 spiro atoms. The van der Waals surface area contributed by atoms with E-state index in [4.69, 9.17) is 29.6 Å². The van der Waals surface area contributed by atoms with Gasteiger partial charge in [-0.15, -0.1) is 0 Å². The van der Waals surface area contributed by atoms with E-state index in [9.17, 15) is 0 Å². The molecule has 1 aliphatic heterocycles. The highest BCUT2D eigenvalue weighted by Gasteiger charge is 2.25. The van der Waals surface area contributed by atoms with E-state index in [2.05, 4.69) is 29.8 Å². The van der Waals surface area contributed by atoms with Gasteiger partial charge < -0.3 is 15.5 Å². The summed E-state index contributed by atoms with van der Waals surface area (Å²) in [6.07, 6.45) is 2.23. The molecule has 2 rings (SSSR count). The Hall–Kier alpha value is -0.840. The number of likely N-dealkylation sites (N-methyl/N-ethyl adjacent to an activating group) is 1. The van der Waals surface area contributed by atoms with Crippen LogP contribution in [0.5, 0.6) is 0 Å². The van der Waals surface area contributed by atoms with Gasteiger partial charge in [0.25, 0.3) is 0 Å². The van der Waals surface area contributed by atoms with Crippen LogP contribution in [0, 0.1) is 0 Å². The van der Waals surface area contributed by atoms with E-state index in [1.807, 2.05) is 12.1 Å². The Morgan fingerprint density at radius 2 is 2.20 bits per heavy atom. The average Bonchev–Trinajstić information content (AvgIpc) is 2.59. The molecule has 5 heteroatoms. The molecule has 0 saturated carbocycles. The lowest BCUT2D eigenvalue weighted by atomic mass is 10.1. The minimum absolute atomic E-state index is 0.373. The molecule has 0 bridgehead atoms. The van der Waals surface area contributed by atoms with E-state index in [0.29, 0.717) is 16.1 Å². The molecule has 0 aromatic heterocycles. The molecular weight excluding hydrogens is 290 g/mol. The second-order valence-electron chi connectivity index (χ2n) is 5.37. The highest BCUT2D eigenvalue weighted by Crippen LogP contribution is 2.30. The van der Waals surface area contributed by atoms with Crippen LogP contribution in [0.3, 0.4) is 0 Å². The van der Waals surface area contributed by atoms with Crippen molar-refractivity contribution in [1.82, 2.24) is 4.90 Å². The molecule has 110 valence electrons. The lowest BCUT2D eigenvalue weighted by Crippen LogP contribution is -2.40. The zero-order valence-electron chi connectivity index (χ0n) is 12.1. The van der Waals surface area contributed by atoms with Crippen molar-refractivity contribution in [2.45, 2.75) is 25.8 Å². The maximum atomic E-state index is 6.30. The van der Waals surface area contributed by atoms with Gasteiger partial charge in [-0.25, -0.2) is 0 Å². The second kappa shape index (κ2) is 6.74. The standard InChI is InChI=1S/C15H22ClN3S/c1-3-11-10-18(2)8-5-9-19(11)13-7-4-6-12(16)14(13)15(17)20/h4,6-7,11H,3,5,8-10H2,1-2H3,(H2,17,20).